The lowest BCUT2D eigenvalue weighted by Gasteiger charge is -2.43. The lowest BCUT2D eigenvalue weighted by molar-refractivity contribution is 0.200. The monoisotopic (exact) mass is 455 g/mol. The highest BCUT2D eigenvalue weighted by molar-refractivity contribution is 7.88. The highest BCUT2D eigenvalue weighted by atomic mass is 32.2. The average Bonchev–Trinajstić information content (AvgIpc) is 3.29. The van der Waals surface area contributed by atoms with Crippen molar-refractivity contribution in [2.45, 2.75) is 57.8 Å². The van der Waals surface area contributed by atoms with Crippen LogP contribution >= 0.6 is 0 Å². The first kappa shape index (κ1) is 21.3. The summed E-state index contributed by atoms with van der Waals surface area (Å²) in [6.45, 7) is 7.79. The van der Waals surface area contributed by atoms with E-state index in [0.717, 1.165) is 46.9 Å². The SMILES string of the molecule is C[C@@H]1CN(c2cc(C3=NCc4ccc(OC5(C)CC5)cc43)ncn2)C[C@H](C)N1S(C)(=O)=O. The fraction of sp³-hybridized carbons (Fsp3) is 0.522. The fourth-order valence-corrected chi connectivity index (χ4v) is 6.25. The molecule has 8 nitrogen and oxygen atoms in total. The number of sulfonamides is 1. The van der Waals surface area contributed by atoms with Gasteiger partial charge in [-0.25, -0.2) is 18.4 Å². The molecule has 2 aromatic rings. The number of ether oxygens (including phenoxy) is 1. The molecule has 0 radical (unpaired) electrons. The van der Waals surface area contributed by atoms with Crippen molar-refractivity contribution in [1.29, 1.82) is 0 Å². The van der Waals surface area contributed by atoms with E-state index in [4.69, 9.17) is 9.73 Å². The van der Waals surface area contributed by atoms with E-state index in [2.05, 4.69) is 33.9 Å². The Kier molecular flexibility index (Phi) is 5.01. The van der Waals surface area contributed by atoms with Gasteiger partial charge in [-0.15, -0.1) is 0 Å². The maximum absolute atomic E-state index is 12.2. The van der Waals surface area contributed by atoms with Gasteiger partial charge in [0.1, 0.15) is 23.5 Å². The van der Waals surface area contributed by atoms with Crippen LogP contribution in [0.25, 0.3) is 0 Å². The van der Waals surface area contributed by atoms with Gasteiger partial charge >= 0.3 is 0 Å². The third kappa shape index (κ3) is 3.99. The van der Waals surface area contributed by atoms with Crippen molar-refractivity contribution in [1.82, 2.24) is 14.3 Å². The summed E-state index contributed by atoms with van der Waals surface area (Å²) in [6, 6.07) is 7.86. The van der Waals surface area contributed by atoms with Gasteiger partial charge in [-0.2, -0.15) is 4.31 Å². The van der Waals surface area contributed by atoms with Gasteiger partial charge in [-0.1, -0.05) is 6.07 Å². The molecule has 2 fully saturated rings. The number of benzene rings is 1. The van der Waals surface area contributed by atoms with Gasteiger partial charge in [0, 0.05) is 36.8 Å². The van der Waals surface area contributed by atoms with E-state index >= 15 is 0 Å². The lowest BCUT2D eigenvalue weighted by atomic mass is 10.0. The molecule has 2 atom stereocenters. The minimum atomic E-state index is -3.25. The largest absolute Gasteiger partial charge is 0.488 e. The molecule has 2 aliphatic heterocycles. The summed E-state index contributed by atoms with van der Waals surface area (Å²) in [5.74, 6) is 1.66. The number of nitrogens with zero attached hydrogens (tertiary/aromatic N) is 5. The van der Waals surface area contributed by atoms with E-state index in [1.54, 1.807) is 10.6 Å². The predicted octanol–water partition coefficient (Wildman–Crippen LogP) is 2.62. The Morgan fingerprint density at radius 2 is 1.81 bits per heavy atom. The molecule has 1 aliphatic carbocycles. The fourth-order valence-electron chi connectivity index (χ4n) is 4.81. The first-order valence-corrected chi connectivity index (χ1v) is 12.9. The molecular formula is C23H29N5O3S. The third-order valence-corrected chi connectivity index (χ3v) is 7.99. The maximum atomic E-state index is 12.2. The van der Waals surface area contributed by atoms with Crippen LogP contribution < -0.4 is 9.64 Å². The van der Waals surface area contributed by atoms with Gasteiger partial charge < -0.3 is 9.64 Å². The van der Waals surface area contributed by atoms with E-state index in [1.807, 2.05) is 26.0 Å². The highest BCUT2D eigenvalue weighted by Crippen LogP contribution is 2.40. The summed E-state index contributed by atoms with van der Waals surface area (Å²) in [5, 5.41) is 0. The van der Waals surface area contributed by atoms with Crippen LogP contribution in [0.2, 0.25) is 0 Å². The minimum absolute atomic E-state index is 0.0340. The van der Waals surface area contributed by atoms with Crippen LogP contribution in [0.15, 0.2) is 35.6 Å². The van der Waals surface area contributed by atoms with Crippen molar-refractivity contribution in [2.24, 2.45) is 4.99 Å². The Bertz CT molecular complexity index is 1180. The summed E-state index contributed by atoms with van der Waals surface area (Å²) >= 11 is 0. The van der Waals surface area contributed by atoms with Gasteiger partial charge in [0.2, 0.25) is 10.0 Å². The van der Waals surface area contributed by atoms with Crippen LogP contribution in [0, 0.1) is 0 Å². The molecule has 1 aromatic carbocycles. The van der Waals surface area contributed by atoms with Gasteiger partial charge in [0.25, 0.3) is 0 Å². The average molecular weight is 456 g/mol. The van der Waals surface area contributed by atoms with Crippen LogP contribution in [0.5, 0.6) is 5.75 Å². The molecule has 0 bridgehead atoms. The van der Waals surface area contributed by atoms with E-state index in [9.17, 15) is 8.42 Å². The highest BCUT2D eigenvalue weighted by Gasteiger charge is 2.40. The van der Waals surface area contributed by atoms with E-state index in [0.29, 0.717) is 19.6 Å². The quantitative estimate of drug-likeness (QED) is 0.689. The zero-order chi connectivity index (χ0) is 22.7. The van der Waals surface area contributed by atoms with E-state index in [1.165, 1.54) is 6.26 Å². The number of piperazine rings is 1. The second kappa shape index (κ2) is 7.52. The van der Waals surface area contributed by atoms with Crippen LogP contribution in [0.1, 0.15) is 50.4 Å². The van der Waals surface area contributed by atoms with Crippen molar-refractivity contribution in [3.05, 3.63) is 47.4 Å². The molecule has 1 saturated heterocycles. The molecule has 0 amide bonds. The van der Waals surface area contributed by atoms with Crippen LogP contribution in [-0.2, 0) is 16.6 Å². The van der Waals surface area contributed by atoms with Gasteiger partial charge in [0.15, 0.2) is 0 Å². The number of anilines is 1. The number of aliphatic imine (C=N–C) groups is 1. The number of hydrogen-bond acceptors (Lipinski definition) is 7. The first-order valence-electron chi connectivity index (χ1n) is 11.1. The summed E-state index contributed by atoms with van der Waals surface area (Å²) in [4.78, 5) is 15.9. The standard InChI is InChI=1S/C23H29N5O3S/c1-15-12-27(13-16(2)28(15)32(4,29)30)21-10-20(25-14-26-21)22-19-9-18(31-23(3)7-8-23)6-5-17(19)11-24-22/h5-6,9-10,14-16H,7-8,11-13H2,1-4H3/t15-,16+. The van der Waals surface area contributed by atoms with Crippen molar-refractivity contribution in [3.8, 4) is 5.75 Å². The molecular weight excluding hydrogens is 426 g/mol. The smallest absolute Gasteiger partial charge is 0.211 e. The Balaban J connectivity index is 1.40. The van der Waals surface area contributed by atoms with Crippen molar-refractivity contribution in [2.75, 3.05) is 24.2 Å². The normalized spacial score (nSPS) is 24.8. The molecule has 3 heterocycles. The summed E-state index contributed by atoms with van der Waals surface area (Å²) in [5.41, 5.74) is 3.81. The second-order valence-electron chi connectivity index (χ2n) is 9.49. The van der Waals surface area contributed by atoms with E-state index < -0.39 is 10.0 Å². The third-order valence-electron chi connectivity index (χ3n) is 6.50. The molecule has 0 spiro atoms. The summed E-state index contributed by atoms with van der Waals surface area (Å²) in [6.07, 6.45) is 5.01. The molecule has 5 rings (SSSR count). The number of hydrogen-bond donors (Lipinski definition) is 0. The first-order chi connectivity index (χ1) is 15.1. The Morgan fingerprint density at radius 3 is 2.47 bits per heavy atom. The van der Waals surface area contributed by atoms with Crippen LogP contribution in [-0.4, -0.2) is 65.4 Å². The van der Waals surface area contributed by atoms with Crippen molar-refractivity contribution < 1.29 is 13.2 Å². The zero-order valence-corrected chi connectivity index (χ0v) is 19.8. The van der Waals surface area contributed by atoms with Crippen molar-refractivity contribution >= 4 is 21.6 Å². The lowest BCUT2D eigenvalue weighted by Crippen LogP contribution is -2.58. The maximum Gasteiger partial charge on any atom is 0.211 e. The Labute approximate surface area is 189 Å². The molecule has 9 heteroatoms. The second-order valence-corrected chi connectivity index (χ2v) is 11.4. The summed E-state index contributed by atoms with van der Waals surface area (Å²) < 4.78 is 32.1. The zero-order valence-electron chi connectivity index (χ0n) is 18.9. The molecule has 0 N–H and O–H groups in total. The molecule has 1 aromatic heterocycles. The number of aromatic nitrogens is 2. The van der Waals surface area contributed by atoms with Gasteiger partial charge in [0.05, 0.1) is 24.2 Å². The van der Waals surface area contributed by atoms with E-state index in [-0.39, 0.29) is 17.7 Å². The van der Waals surface area contributed by atoms with Crippen LogP contribution in [0.3, 0.4) is 0 Å². The number of fused-ring (bicyclic) bond motifs is 1. The van der Waals surface area contributed by atoms with Gasteiger partial charge in [-0.05, 0) is 51.3 Å². The predicted molar refractivity (Wildman–Crippen MR) is 124 cm³/mol. The topological polar surface area (TPSA) is 88.0 Å². The molecule has 3 aliphatic rings. The molecule has 1 saturated carbocycles. The van der Waals surface area contributed by atoms with Crippen LogP contribution in [0.4, 0.5) is 5.82 Å². The molecule has 0 unspecified atom stereocenters. The van der Waals surface area contributed by atoms with Crippen molar-refractivity contribution in [3.63, 3.8) is 0 Å². The summed E-state index contributed by atoms with van der Waals surface area (Å²) in [7, 11) is -3.25. The minimum Gasteiger partial charge on any atom is -0.488 e. The Hall–Kier alpha value is -2.52. The molecule has 170 valence electrons. The Morgan fingerprint density at radius 1 is 1.09 bits per heavy atom. The molecule has 32 heavy (non-hydrogen) atoms. The number of rotatable bonds is 5. The van der Waals surface area contributed by atoms with Gasteiger partial charge in [-0.3, -0.25) is 4.99 Å².